The second kappa shape index (κ2) is 9.40. The fourth-order valence-electron chi connectivity index (χ4n) is 3.28. The maximum absolute atomic E-state index is 12.6. The molecule has 176 valence electrons. The first kappa shape index (κ1) is 23.1. The molecule has 0 bridgehead atoms. The number of rotatable bonds is 7. The number of nitrogens with one attached hydrogen (secondary N) is 1. The molecule has 0 fully saturated rings. The average molecular weight is 484 g/mol. The van der Waals surface area contributed by atoms with Crippen molar-refractivity contribution in [2.75, 3.05) is 13.2 Å². The third-order valence-corrected chi connectivity index (χ3v) is 6.30. The fourth-order valence-corrected chi connectivity index (χ4v) is 4.25. The van der Waals surface area contributed by atoms with E-state index in [1.54, 1.807) is 6.07 Å². The minimum atomic E-state index is -4.29. The molecule has 1 amide bonds. The summed E-state index contributed by atoms with van der Waals surface area (Å²) >= 11 is 0. The van der Waals surface area contributed by atoms with Crippen molar-refractivity contribution in [3.8, 4) is 17.2 Å². The van der Waals surface area contributed by atoms with Gasteiger partial charge in [0.1, 0.15) is 23.9 Å². The number of nitro groups is 1. The Balaban J connectivity index is 1.42. The van der Waals surface area contributed by atoms with Crippen molar-refractivity contribution >= 4 is 21.7 Å². The zero-order valence-corrected chi connectivity index (χ0v) is 18.8. The number of nitrogens with zero attached hydrogens (tertiary/aromatic N) is 1. The number of hydrogen-bond acceptors (Lipinski definition) is 8. The van der Waals surface area contributed by atoms with Crippen LogP contribution >= 0.6 is 0 Å². The van der Waals surface area contributed by atoms with Crippen LogP contribution in [-0.4, -0.2) is 32.5 Å². The summed E-state index contributed by atoms with van der Waals surface area (Å²) in [5.74, 6) is 0.874. The number of amides is 1. The van der Waals surface area contributed by atoms with Gasteiger partial charge in [0, 0.05) is 17.7 Å². The first-order valence-corrected chi connectivity index (χ1v) is 11.6. The SMILES string of the molecule is CC(NC(=O)c1ccc(OS(=O)(=O)c2cccc([N+](=O)[O-])c2)cc1)c1ccc2c(c1)OCCO2. The summed E-state index contributed by atoms with van der Waals surface area (Å²) in [6, 6.07) is 15.2. The van der Waals surface area contributed by atoms with Crippen molar-refractivity contribution < 1.29 is 31.8 Å². The topological polar surface area (TPSA) is 134 Å². The summed E-state index contributed by atoms with van der Waals surface area (Å²) in [7, 11) is -4.29. The lowest BCUT2D eigenvalue weighted by Crippen LogP contribution is -2.26. The molecule has 10 nitrogen and oxygen atoms in total. The zero-order valence-electron chi connectivity index (χ0n) is 18.0. The van der Waals surface area contributed by atoms with E-state index in [1.165, 1.54) is 42.5 Å². The first-order valence-electron chi connectivity index (χ1n) is 10.2. The Bertz CT molecular complexity index is 1340. The van der Waals surface area contributed by atoms with Crippen molar-refractivity contribution in [2.24, 2.45) is 0 Å². The summed E-state index contributed by atoms with van der Waals surface area (Å²) in [6.07, 6.45) is 0. The number of hydrogen-bond donors (Lipinski definition) is 1. The van der Waals surface area contributed by atoms with Crippen molar-refractivity contribution in [1.29, 1.82) is 0 Å². The number of carbonyl (C=O) groups is 1. The summed E-state index contributed by atoms with van der Waals surface area (Å²) in [5, 5.41) is 13.8. The minimum Gasteiger partial charge on any atom is -0.486 e. The molecule has 1 aliphatic heterocycles. The van der Waals surface area contributed by atoms with E-state index in [0.717, 1.165) is 11.6 Å². The molecule has 1 N–H and O–H groups in total. The Labute approximate surface area is 195 Å². The molecule has 1 atom stereocenters. The van der Waals surface area contributed by atoms with Crippen molar-refractivity contribution in [3.05, 3.63) is 88.0 Å². The van der Waals surface area contributed by atoms with Crippen LogP contribution in [0.15, 0.2) is 71.6 Å². The van der Waals surface area contributed by atoms with Gasteiger partial charge in [-0.05, 0) is 55.0 Å². The average Bonchev–Trinajstić information content (AvgIpc) is 2.84. The number of benzene rings is 3. The summed E-state index contributed by atoms with van der Waals surface area (Å²) in [4.78, 5) is 22.5. The predicted octanol–water partition coefficient (Wildman–Crippen LogP) is 3.62. The molecule has 0 saturated heterocycles. The highest BCUT2D eigenvalue weighted by Crippen LogP contribution is 2.32. The molecule has 0 aromatic heterocycles. The fraction of sp³-hybridized carbons (Fsp3) is 0.174. The second-order valence-electron chi connectivity index (χ2n) is 7.41. The smallest absolute Gasteiger partial charge is 0.339 e. The minimum absolute atomic E-state index is 0.0389. The van der Waals surface area contributed by atoms with Gasteiger partial charge in [0.05, 0.1) is 11.0 Å². The molecule has 1 heterocycles. The van der Waals surface area contributed by atoms with Gasteiger partial charge in [0.2, 0.25) is 0 Å². The molecule has 3 aromatic rings. The number of carbonyl (C=O) groups excluding carboxylic acids is 1. The van der Waals surface area contributed by atoms with E-state index in [4.69, 9.17) is 13.7 Å². The lowest BCUT2D eigenvalue weighted by atomic mass is 10.1. The summed E-state index contributed by atoms with van der Waals surface area (Å²) in [6.45, 7) is 2.78. The van der Waals surface area contributed by atoms with Crippen molar-refractivity contribution in [1.82, 2.24) is 5.32 Å². The van der Waals surface area contributed by atoms with Gasteiger partial charge in [0.25, 0.3) is 11.6 Å². The number of fused-ring (bicyclic) bond motifs is 1. The van der Waals surface area contributed by atoms with Crippen LogP contribution in [0.5, 0.6) is 17.2 Å². The van der Waals surface area contributed by atoms with Crippen LogP contribution in [0.4, 0.5) is 5.69 Å². The van der Waals surface area contributed by atoms with Gasteiger partial charge in [-0.1, -0.05) is 12.1 Å². The van der Waals surface area contributed by atoms with Gasteiger partial charge < -0.3 is 19.0 Å². The maximum atomic E-state index is 12.6. The normalized spacial score (nSPS) is 13.6. The Morgan fingerprint density at radius 3 is 2.44 bits per heavy atom. The molecule has 1 unspecified atom stereocenters. The molecule has 1 aliphatic rings. The van der Waals surface area contributed by atoms with Gasteiger partial charge in [-0.3, -0.25) is 14.9 Å². The number of non-ortho nitro benzene ring substituents is 1. The number of ether oxygens (including phenoxy) is 2. The third-order valence-electron chi connectivity index (χ3n) is 5.05. The van der Waals surface area contributed by atoms with E-state index in [-0.39, 0.29) is 28.3 Å². The highest BCUT2D eigenvalue weighted by Gasteiger charge is 2.21. The van der Waals surface area contributed by atoms with E-state index in [0.29, 0.717) is 30.3 Å². The van der Waals surface area contributed by atoms with Crippen LogP contribution in [-0.2, 0) is 10.1 Å². The molecule has 3 aromatic carbocycles. The molecule has 0 spiro atoms. The van der Waals surface area contributed by atoms with Crippen LogP contribution in [0.25, 0.3) is 0 Å². The Hall–Kier alpha value is -4.12. The monoisotopic (exact) mass is 484 g/mol. The Morgan fingerprint density at radius 2 is 1.74 bits per heavy atom. The molecular formula is C23H20N2O8S. The summed E-state index contributed by atoms with van der Waals surface area (Å²) in [5.41, 5.74) is 0.758. The molecular weight excluding hydrogens is 464 g/mol. The Kier molecular flexibility index (Phi) is 6.37. The lowest BCUT2D eigenvalue weighted by molar-refractivity contribution is -0.385. The molecule has 34 heavy (non-hydrogen) atoms. The van der Waals surface area contributed by atoms with Gasteiger partial charge >= 0.3 is 10.1 Å². The van der Waals surface area contributed by atoms with Crippen molar-refractivity contribution in [3.63, 3.8) is 0 Å². The van der Waals surface area contributed by atoms with E-state index >= 15 is 0 Å². The Morgan fingerprint density at radius 1 is 1.03 bits per heavy atom. The summed E-state index contributed by atoms with van der Waals surface area (Å²) < 4.78 is 41.0. The number of nitro benzene ring substituents is 1. The standard InChI is InChI=1S/C23H20N2O8S/c1-15(17-7-10-21-22(13-17)32-12-11-31-21)24-23(26)16-5-8-19(9-6-16)33-34(29,30)20-4-2-3-18(14-20)25(27)28/h2-10,13-15H,11-12H2,1H3,(H,24,26). The van der Waals surface area contributed by atoms with E-state index in [9.17, 15) is 23.3 Å². The second-order valence-corrected chi connectivity index (χ2v) is 8.96. The van der Waals surface area contributed by atoms with Crippen LogP contribution in [0.1, 0.15) is 28.9 Å². The molecule has 0 radical (unpaired) electrons. The quantitative estimate of drug-likeness (QED) is 0.305. The predicted molar refractivity (Wildman–Crippen MR) is 121 cm³/mol. The zero-order chi connectivity index (χ0) is 24.3. The van der Waals surface area contributed by atoms with Crippen LogP contribution in [0.3, 0.4) is 0 Å². The van der Waals surface area contributed by atoms with Crippen LogP contribution < -0.4 is 19.0 Å². The van der Waals surface area contributed by atoms with Crippen LogP contribution in [0, 0.1) is 10.1 Å². The third kappa shape index (κ3) is 5.09. The van der Waals surface area contributed by atoms with Gasteiger partial charge in [0.15, 0.2) is 11.5 Å². The molecule has 11 heteroatoms. The molecule has 0 aliphatic carbocycles. The van der Waals surface area contributed by atoms with Gasteiger partial charge in [-0.2, -0.15) is 8.42 Å². The highest BCUT2D eigenvalue weighted by atomic mass is 32.2. The highest BCUT2D eigenvalue weighted by molar-refractivity contribution is 7.87. The molecule has 4 rings (SSSR count). The van der Waals surface area contributed by atoms with E-state index in [1.807, 2.05) is 19.1 Å². The van der Waals surface area contributed by atoms with Crippen molar-refractivity contribution in [2.45, 2.75) is 17.9 Å². The van der Waals surface area contributed by atoms with Crippen LogP contribution in [0.2, 0.25) is 0 Å². The van der Waals surface area contributed by atoms with E-state index in [2.05, 4.69) is 5.32 Å². The van der Waals surface area contributed by atoms with Gasteiger partial charge in [-0.15, -0.1) is 0 Å². The van der Waals surface area contributed by atoms with Gasteiger partial charge in [-0.25, -0.2) is 0 Å². The molecule has 0 saturated carbocycles. The largest absolute Gasteiger partial charge is 0.486 e. The van der Waals surface area contributed by atoms with E-state index < -0.39 is 15.0 Å². The maximum Gasteiger partial charge on any atom is 0.339 e. The first-order chi connectivity index (χ1) is 16.2. The lowest BCUT2D eigenvalue weighted by Gasteiger charge is -2.21.